The average molecular weight is 279 g/mol. The van der Waals surface area contributed by atoms with Crippen molar-refractivity contribution >= 4 is 11.9 Å². The summed E-state index contributed by atoms with van der Waals surface area (Å²) >= 11 is 0. The number of hydrogen-bond acceptors (Lipinski definition) is 4. The normalized spacial score (nSPS) is 9.35. The highest BCUT2D eigenvalue weighted by Crippen LogP contribution is 2.10. The van der Waals surface area contributed by atoms with E-state index in [4.69, 9.17) is 5.11 Å². The van der Waals surface area contributed by atoms with E-state index in [9.17, 15) is 14.0 Å². The van der Waals surface area contributed by atoms with Crippen molar-refractivity contribution < 1.29 is 23.8 Å². The van der Waals surface area contributed by atoms with Crippen LogP contribution in [0.5, 0.6) is 0 Å². The third-order valence-corrected chi connectivity index (χ3v) is 2.31. The van der Waals surface area contributed by atoms with Crippen LogP contribution in [0.15, 0.2) is 18.2 Å². The molecule has 0 unspecified atom stereocenters. The molecule has 0 atom stereocenters. The number of nitrogens with one attached hydrogen (secondary N) is 1. The van der Waals surface area contributed by atoms with Crippen molar-refractivity contribution in [2.24, 2.45) is 0 Å². The van der Waals surface area contributed by atoms with Gasteiger partial charge in [0, 0.05) is 12.0 Å². The molecule has 0 saturated heterocycles. The van der Waals surface area contributed by atoms with Gasteiger partial charge in [0.15, 0.2) is 0 Å². The standard InChI is InChI=1S/C14H14FNO4/c1-20-13(18)9-16-14(19)12-6-5-11(15)8-10(12)4-2-3-7-17/h5-6,8,17H,3,7,9H2,1H3,(H,16,19). The summed E-state index contributed by atoms with van der Waals surface area (Å²) in [4.78, 5) is 22.8. The van der Waals surface area contributed by atoms with Crippen LogP contribution in [0.1, 0.15) is 22.3 Å². The number of amides is 1. The third-order valence-electron chi connectivity index (χ3n) is 2.31. The van der Waals surface area contributed by atoms with Crippen LogP contribution in [0.4, 0.5) is 4.39 Å². The molecule has 0 aromatic heterocycles. The van der Waals surface area contributed by atoms with Gasteiger partial charge in [-0.3, -0.25) is 9.59 Å². The fourth-order valence-corrected chi connectivity index (χ4v) is 1.35. The van der Waals surface area contributed by atoms with Crippen LogP contribution in [-0.4, -0.2) is 37.2 Å². The van der Waals surface area contributed by atoms with Crippen molar-refractivity contribution in [1.29, 1.82) is 0 Å². The van der Waals surface area contributed by atoms with Crippen LogP contribution in [0.3, 0.4) is 0 Å². The van der Waals surface area contributed by atoms with Gasteiger partial charge in [-0.1, -0.05) is 11.8 Å². The second-order valence-corrected chi connectivity index (χ2v) is 3.72. The maximum Gasteiger partial charge on any atom is 0.325 e. The molecule has 0 fully saturated rings. The minimum absolute atomic E-state index is 0.119. The Bertz CT molecular complexity index is 560. The number of esters is 1. The van der Waals surface area contributed by atoms with E-state index in [2.05, 4.69) is 21.9 Å². The number of carbonyl (C=O) groups is 2. The summed E-state index contributed by atoms with van der Waals surface area (Å²) in [7, 11) is 1.21. The van der Waals surface area contributed by atoms with Gasteiger partial charge in [0.1, 0.15) is 12.4 Å². The van der Waals surface area contributed by atoms with Gasteiger partial charge in [0.2, 0.25) is 0 Å². The number of aliphatic hydroxyl groups excluding tert-OH is 1. The van der Waals surface area contributed by atoms with Gasteiger partial charge in [-0.2, -0.15) is 0 Å². The van der Waals surface area contributed by atoms with Crippen molar-refractivity contribution in [1.82, 2.24) is 5.32 Å². The first-order chi connectivity index (χ1) is 9.58. The Morgan fingerprint density at radius 1 is 1.45 bits per heavy atom. The van der Waals surface area contributed by atoms with Crippen molar-refractivity contribution in [3.63, 3.8) is 0 Å². The Hall–Kier alpha value is -2.39. The Morgan fingerprint density at radius 3 is 2.85 bits per heavy atom. The molecule has 0 aliphatic heterocycles. The molecule has 5 nitrogen and oxygen atoms in total. The summed E-state index contributed by atoms with van der Waals surface area (Å²) in [6.45, 7) is -0.400. The SMILES string of the molecule is COC(=O)CNC(=O)c1ccc(F)cc1C#CCCO. The zero-order chi connectivity index (χ0) is 15.0. The van der Waals surface area contributed by atoms with E-state index in [1.54, 1.807) is 0 Å². The molecule has 0 aliphatic carbocycles. The molecule has 1 aromatic rings. The maximum absolute atomic E-state index is 13.2. The summed E-state index contributed by atoms with van der Waals surface area (Å²) in [5, 5.41) is 11.0. The second-order valence-electron chi connectivity index (χ2n) is 3.72. The molecule has 20 heavy (non-hydrogen) atoms. The van der Waals surface area contributed by atoms with Gasteiger partial charge in [-0.25, -0.2) is 4.39 Å². The summed E-state index contributed by atoms with van der Waals surface area (Å²) in [5.74, 6) is 3.56. The van der Waals surface area contributed by atoms with Crippen LogP contribution >= 0.6 is 0 Å². The average Bonchev–Trinajstić information content (AvgIpc) is 2.44. The van der Waals surface area contributed by atoms with E-state index in [-0.39, 0.29) is 30.7 Å². The van der Waals surface area contributed by atoms with Crippen molar-refractivity contribution in [2.75, 3.05) is 20.3 Å². The smallest absolute Gasteiger partial charge is 0.325 e. The first-order valence-corrected chi connectivity index (χ1v) is 5.82. The van der Waals surface area contributed by atoms with Gasteiger partial charge < -0.3 is 15.2 Å². The van der Waals surface area contributed by atoms with E-state index in [0.29, 0.717) is 0 Å². The lowest BCUT2D eigenvalue weighted by Gasteiger charge is -2.06. The van der Waals surface area contributed by atoms with Crippen molar-refractivity contribution in [3.8, 4) is 11.8 Å². The first kappa shape index (κ1) is 15.7. The quantitative estimate of drug-likeness (QED) is 0.620. The Balaban J connectivity index is 2.91. The van der Waals surface area contributed by atoms with Gasteiger partial charge in [0.25, 0.3) is 5.91 Å². The lowest BCUT2D eigenvalue weighted by atomic mass is 10.1. The monoisotopic (exact) mass is 279 g/mol. The summed E-state index contributed by atoms with van der Waals surface area (Å²) < 4.78 is 17.6. The van der Waals surface area contributed by atoms with Crippen molar-refractivity contribution in [3.05, 3.63) is 35.1 Å². The Morgan fingerprint density at radius 2 is 2.20 bits per heavy atom. The largest absolute Gasteiger partial charge is 0.468 e. The van der Waals surface area contributed by atoms with E-state index < -0.39 is 17.7 Å². The summed E-state index contributed by atoms with van der Waals surface area (Å²) in [5.41, 5.74) is 0.349. The molecule has 1 aromatic carbocycles. The first-order valence-electron chi connectivity index (χ1n) is 5.82. The van der Waals surface area contributed by atoms with E-state index >= 15 is 0 Å². The fraction of sp³-hybridized carbons (Fsp3) is 0.286. The van der Waals surface area contributed by atoms with Crippen LogP contribution in [-0.2, 0) is 9.53 Å². The van der Waals surface area contributed by atoms with Gasteiger partial charge >= 0.3 is 5.97 Å². The lowest BCUT2D eigenvalue weighted by Crippen LogP contribution is -2.30. The molecule has 2 N–H and O–H groups in total. The zero-order valence-corrected chi connectivity index (χ0v) is 10.9. The van der Waals surface area contributed by atoms with Gasteiger partial charge in [-0.05, 0) is 18.2 Å². The molecule has 0 spiro atoms. The van der Waals surface area contributed by atoms with Crippen LogP contribution < -0.4 is 5.32 Å². The van der Waals surface area contributed by atoms with Crippen LogP contribution in [0, 0.1) is 17.7 Å². The Kier molecular flexibility index (Phi) is 6.20. The molecule has 106 valence electrons. The summed E-state index contributed by atoms with van der Waals surface area (Å²) in [6, 6.07) is 3.53. The Labute approximate surface area is 115 Å². The van der Waals surface area contributed by atoms with Gasteiger partial charge in [0.05, 0.1) is 19.3 Å². The molecule has 6 heteroatoms. The van der Waals surface area contributed by atoms with E-state index in [1.807, 2.05) is 0 Å². The minimum Gasteiger partial charge on any atom is -0.468 e. The predicted molar refractivity (Wildman–Crippen MR) is 69.3 cm³/mol. The number of aliphatic hydroxyl groups is 1. The highest BCUT2D eigenvalue weighted by Gasteiger charge is 2.12. The van der Waals surface area contributed by atoms with Crippen molar-refractivity contribution in [2.45, 2.75) is 6.42 Å². The number of halogens is 1. The van der Waals surface area contributed by atoms with Crippen LogP contribution in [0.2, 0.25) is 0 Å². The highest BCUT2D eigenvalue weighted by atomic mass is 19.1. The maximum atomic E-state index is 13.2. The molecule has 0 saturated carbocycles. The predicted octanol–water partition coefficient (Wildman–Crippen LogP) is 0.462. The third kappa shape index (κ3) is 4.71. The fourth-order valence-electron chi connectivity index (χ4n) is 1.35. The van der Waals surface area contributed by atoms with Gasteiger partial charge in [-0.15, -0.1) is 0 Å². The second kappa shape index (κ2) is 7.92. The lowest BCUT2D eigenvalue weighted by molar-refractivity contribution is -0.139. The molecule has 0 aliphatic rings. The number of benzene rings is 1. The highest BCUT2D eigenvalue weighted by molar-refractivity contribution is 5.98. The van der Waals surface area contributed by atoms with E-state index in [1.165, 1.54) is 13.2 Å². The zero-order valence-electron chi connectivity index (χ0n) is 10.9. The minimum atomic E-state index is -0.589. The topological polar surface area (TPSA) is 75.6 Å². The molecule has 0 heterocycles. The van der Waals surface area contributed by atoms with Crippen LogP contribution in [0.25, 0.3) is 0 Å². The molecule has 0 bridgehead atoms. The molecule has 0 radical (unpaired) electrons. The molecular formula is C14H14FNO4. The summed E-state index contributed by atoms with van der Waals surface area (Å²) in [6.07, 6.45) is 0.222. The number of rotatable bonds is 4. The number of carbonyl (C=O) groups excluding carboxylic acids is 2. The molecule has 1 rings (SSSR count). The van der Waals surface area contributed by atoms with E-state index in [0.717, 1.165) is 12.1 Å². The number of methoxy groups -OCH3 is 1. The molecular weight excluding hydrogens is 265 g/mol. The number of ether oxygens (including phenoxy) is 1. The number of hydrogen-bond donors (Lipinski definition) is 2. The molecule has 1 amide bonds.